The minimum Gasteiger partial charge on any atom is -0.325 e. The summed E-state index contributed by atoms with van der Waals surface area (Å²) in [7, 11) is 5.91. The fourth-order valence-corrected chi connectivity index (χ4v) is 1.87. The number of halogens is 1. The number of hydrogen-bond donors (Lipinski definition) is 1. The van der Waals surface area contributed by atoms with Crippen molar-refractivity contribution in [1.29, 1.82) is 0 Å². The molecule has 0 fully saturated rings. The molecule has 2 radical (unpaired) electrons. The second-order valence-corrected chi connectivity index (χ2v) is 4.26. The molecule has 0 aromatic carbocycles. The van der Waals surface area contributed by atoms with Crippen molar-refractivity contribution in [2.24, 2.45) is 10.7 Å². The Labute approximate surface area is 82.6 Å². The first kappa shape index (κ1) is 9.51. The number of hydrogen-bond acceptors (Lipinski definition) is 2. The van der Waals surface area contributed by atoms with Crippen molar-refractivity contribution < 1.29 is 0 Å². The highest BCUT2D eigenvalue weighted by Crippen LogP contribution is 2.26. The molecule has 0 amide bonds. The van der Waals surface area contributed by atoms with Crippen LogP contribution in [0.2, 0.25) is 5.82 Å². The van der Waals surface area contributed by atoms with E-state index in [-0.39, 0.29) is 11.9 Å². The second kappa shape index (κ2) is 3.89. The molecule has 1 aliphatic heterocycles. The van der Waals surface area contributed by atoms with Crippen molar-refractivity contribution in [3.8, 4) is 0 Å². The van der Waals surface area contributed by atoms with Gasteiger partial charge in [-0.05, 0) is 12.2 Å². The van der Waals surface area contributed by atoms with E-state index in [4.69, 9.17) is 13.6 Å². The van der Waals surface area contributed by atoms with Gasteiger partial charge in [0.05, 0.1) is 14.4 Å². The second-order valence-electron chi connectivity index (χ2n) is 2.82. The first-order chi connectivity index (χ1) is 5.16. The van der Waals surface area contributed by atoms with Gasteiger partial charge in [0.15, 0.2) is 0 Å². The van der Waals surface area contributed by atoms with Crippen molar-refractivity contribution in [2.75, 3.05) is 6.54 Å². The van der Waals surface area contributed by atoms with Gasteiger partial charge in [0, 0.05) is 15.7 Å². The summed E-state index contributed by atoms with van der Waals surface area (Å²) in [6.07, 6.45) is 0.952. The Bertz CT molecular complexity index is 172. The summed E-state index contributed by atoms with van der Waals surface area (Å²) >= 11 is 2.32. The third-order valence-corrected chi connectivity index (χ3v) is 3.70. The molecule has 2 N–H and O–H groups in total. The van der Waals surface area contributed by atoms with Crippen molar-refractivity contribution in [3.05, 3.63) is 0 Å². The molecule has 0 saturated heterocycles. The third-order valence-electron chi connectivity index (χ3n) is 2.00. The molecule has 60 valence electrons. The Morgan fingerprint density at radius 3 is 3.00 bits per heavy atom. The Kier molecular flexibility index (Phi) is 3.37. The monoisotopic (exact) mass is 262 g/mol. The van der Waals surface area contributed by atoms with Gasteiger partial charge in [0.1, 0.15) is 0 Å². The lowest BCUT2D eigenvalue weighted by Crippen LogP contribution is -2.42. The first-order valence-corrected chi connectivity index (χ1v) is 5.09. The molecule has 0 aromatic rings. The highest BCUT2D eigenvalue weighted by Gasteiger charge is 2.27. The molecule has 1 heterocycles. The van der Waals surface area contributed by atoms with Crippen molar-refractivity contribution >= 4 is 36.1 Å². The quantitative estimate of drug-likeness (QED) is 0.426. The van der Waals surface area contributed by atoms with Crippen LogP contribution in [0, 0.1) is 0 Å². The van der Waals surface area contributed by atoms with Crippen LogP contribution < -0.4 is 5.73 Å². The van der Waals surface area contributed by atoms with Crippen molar-refractivity contribution in [2.45, 2.75) is 29.1 Å². The molecule has 0 saturated carbocycles. The number of alkyl halides is 1. The van der Waals surface area contributed by atoms with Crippen LogP contribution in [0.5, 0.6) is 0 Å². The fraction of sp³-hybridized carbons (Fsp3) is 0.857. The molecule has 2 nitrogen and oxygen atoms in total. The lowest BCUT2D eigenvalue weighted by Gasteiger charge is -2.29. The molecular formula is C7H12BIN2. The molecule has 0 aromatic heterocycles. The normalized spacial score (nSPS) is 38.5. The minimum absolute atomic E-state index is 0.0735. The first-order valence-electron chi connectivity index (χ1n) is 3.85. The van der Waals surface area contributed by atoms with Crippen LogP contribution in [-0.2, 0) is 0 Å². The van der Waals surface area contributed by atoms with Gasteiger partial charge in [-0.15, -0.1) is 0 Å². The maximum atomic E-state index is 5.91. The van der Waals surface area contributed by atoms with Crippen molar-refractivity contribution in [1.82, 2.24) is 0 Å². The van der Waals surface area contributed by atoms with E-state index < -0.39 is 0 Å². The zero-order valence-electron chi connectivity index (χ0n) is 6.63. The molecule has 11 heavy (non-hydrogen) atoms. The van der Waals surface area contributed by atoms with E-state index in [0.717, 1.165) is 18.7 Å². The average Bonchev–Trinajstić information content (AvgIpc) is 2.01. The Balaban J connectivity index is 2.70. The smallest absolute Gasteiger partial charge is 0.0795 e. The highest BCUT2D eigenvalue weighted by atomic mass is 127. The lowest BCUT2D eigenvalue weighted by molar-refractivity contribution is 0.641. The predicted octanol–water partition coefficient (Wildman–Crippen LogP) is 0.939. The van der Waals surface area contributed by atoms with Crippen LogP contribution in [0.3, 0.4) is 0 Å². The summed E-state index contributed by atoms with van der Waals surface area (Å²) in [6.45, 7) is 2.82. The molecule has 3 atom stereocenters. The summed E-state index contributed by atoms with van der Waals surface area (Å²) in [4.78, 5) is 4.32. The molecule has 2 unspecified atom stereocenters. The highest BCUT2D eigenvalue weighted by molar-refractivity contribution is 14.1. The van der Waals surface area contributed by atoms with E-state index in [1.807, 2.05) is 0 Å². The van der Waals surface area contributed by atoms with Gasteiger partial charge in [-0.3, -0.25) is 4.99 Å². The molecule has 1 aliphatic rings. The van der Waals surface area contributed by atoms with E-state index in [9.17, 15) is 0 Å². The van der Waals surface area contributed by atoms with Crippen LogP contribution in [0.15, 0.2) is 4.99 Å². The van der Waals surface area contributed by atoms with Crippen LogP contribution in [-0.4, -0.2) is 30.1 Å². The van der Waals surface area contributed by atoms with E-state index in [2.05, 4.69) is 34.5 Å². The maximum Gasteiger partial charge on any atom is 0.0795 e. The molecule has 4 heteroatoms. The predicted molar refractivity (Wildman–Crippen MR) is 57.9 cm³/mol. The maximum absolute atomic E-state index is 5.91. The van der Waals surface area contributed by atoms with Gasteiger partial charge >= 0.3 is 0 Å². The van der Waals surface area contributed by atoms with Crippen LogP contribution in [0.1, 0.15) is 13.3 Å². The number of aliphatic imine (C=N–C) groups is 1. The van der Waals surface area contributed by atoms with E-state index >= 15 is 0 Å². The van der Waals surface area contributed by atoms with Gasteiger partial charge < -0.3 is 5.73 Å². The Hall–Kier alpha value is 0.425. The SMILES string of the molecule is [B]C1C(CC)=NC[C@H](N)C1I. The third kappa shape index (κ3) is 1.96. The summed E-state index contributed by atoms with van der Waals surface area (Å²) in [5.74, 6) is 0.0735. The molecule has 1 rings (SSSR count). The molecule has 0 aliphatic carbocycles. The van der Waals surface area contributed by atoms with Crippen LogP contribution >= 0.6 is 22.6 Å². The summed E-state index contributed by atoms with van der Waals surface area (Å²) in [6, 6.07) is 0.140. The van der Waals surface area contributed by atoms with Gasteiger partial charge in [-0.2, -0.15) is 0 Å². The lowest BCUT2D eigenvalue weighted by atomic mass is 9.76. The van der Waals surface area contributed by atoms with Gasteiger partial charge in [-0.1, -0.05) is 29.5 Å². The Morgan fingerprint density at radius 1 is 1.82 bits per heavy atom. The van der Waals surface area contributed by atoms with Crippen LogP contribution in [0.25, 0.3) is 0 Å². The largest absolute Gasteiger partial charge is 0.325 e. The fourth-order valence-electron chi connectivity index (χ4n) is 1.23. The minimum atomic E-state index is 0.0735. The average molecular weight is 262 g/mol. The van der Waals surface area contributed by atoms with Crippen molar-refractivity contribution in [3.63, 3.8) is 0 Å². The molecule has 0 bridgehead atoms. The van der Waals surface area contributed by atoms with E-state index in [1.165, 1.54) is 0 Å². The molecular weight excluding hydrogens is 250 g/mol. The summed E-state index contributed by atoms with van der Waals surface area (Å²) in [5.41, 5.74) is 6.91. The van der Waals surface area contributed by atoms with E-state index in [0.29, 0.717) is 3.92 Å². The summed E-state index contributed by atoms with van der Waals surface area (Å²) in [5, 5.41) is 0. The van der Waals surface area contributed by atoms with Gasteiger partial charge in [0.2, 0.25) is 0 Å². The number of nitrogens with zero attached hydrogens (tertiary/aromatic N) is 1. The zero-order chi connectivity index (χ0) is 8.43. The van der Waals surface area contributed by atoms with Crippen LogP contribution in [0.4, 0.5) is 0 Å². The standard InChI is InChI=1S/C7H12BIN2/c1-2-5-6(8)7(9)4(10)3-11-5/h4,6-7H,2-3,10H2,1H3/t4-,6?,7?/m0/s1. The topological polar surface area (TPSA) is 38.4 Å². The van der Waals surface area contributed by atoms with E-state index in [1.54, 1.807) is 0 Å². The summed E-state index contributed by atoms with van der Waals surface area (Å²) < 4.78 is 0.347. The number of nitrogens with two attached hydrogens (primary N) is 1. The van der Waals surface area contributed by atoms with Gasteiger partial charge in [0.25, 0.3) is 0 Å². The molecule has 0 spiro atoms. The van der Waals surface area contributed by atoms with Gasteiger partial charge in [-0.25, -0.2) is 0 Å². The Morgan fingerprint density at radius 2 is 2.45 bits per heavy atom. The zero-order valence-corrected chi connectivity index (χ0v) is 8.78. The number of rotatable bonds is 1.